The first-order valence-electron chi connectivity index (χ1n) is 8.67. The summed E-state index contributed by atoms with van der Waals surface area (Å²) >= 11 is 0. The minimum Gasteiger partial charge on any atom is -0.336 e. The Morgan fingerprint density at radius 2 is 1.71 bits per heavy atom. The average molecular weight is 393 g/mol. The summed E-state index contributed by atoms with van der Waals surface area (Å²) in [4.78, 5) is 26.6. The molecule has 28 heavy (non-hydrogen) atoms. The molecule has 0 aromatic heterocycles. The van der Waals surface area contributed by atoms with Crippen molar-refractivity contribution in [3.05, 3.63) is 75.3 Å². The monoisotopic (exact) mass is 393 g/mol. The van der Waals surface area contributed by atoms with Crippen LogP contribution >= 0.6 is 0 Å². The molecule has 0 bridgehead atoms. The van der Waals surface area contributed by atoms with E-state index in [1.54, 1.807) is 12.1 Å². The predicted octanol–water partition coefficient (Wildman–Crippen LogP) is 3.57. The lowest BCUT2D eigenvalue weighted by atomic mass is 10.1. The molecule has 2 aromatic carbocycles. The van der Waals surface area contributed by atoms with E-state index in [9.17, 15) is 28.1 Å². The van der Waals surface area contributed by atoms with Gasteiger partial charge in [-0.15, -0.1) is 0 Å². The highest BCUT2D eigenvalue weighted by Crippen LogP contribution is 2.30. The fourth-order valence-corrected chi connectivity index (χ4v) is 3.20. The predicted molar refractivity (Wildman–Crippen MR) is 95.7 cm³/mol. The third-order valence-corrected chi connectivity index (χ3v) is 4.65. The van der Waals surface area contributed by atoms with Crippen LogP contribution in [-0.4, -0.2) is 46.8 Å². The molecule has 0 aliphatic carbocycles. The topological polar surface area (TPSA) is 66.7 Å². The molecule has 148 valence electrons. The molecule has 0 N–H and O–H groups in total. The Bertz CT molecular complexity index is 878. The van der Waals surface area contributed by atoms with Gasteiger partial charge >= 0.3 is 6.18 Å². The van der Waals surface area contributed by atoms with Crippen molar-refractivity contribution in [1.29, 1.82) is 0 Å². The number of hydrogen-bond acceptors (Lipinski definition) is 4. The number of nitro benzene ring substituents is 1. The van der Waals surface area contributed by atoms with Gasteiger partial charge in [-0.1, -0.05) is 30.3 Å². The Hall–Kier alpha value is -2.94. The van der Waals surface area contributed by atoms with Crippen molar-refractivity contribution in [1.82, 2.24) is 9.80 Å². The number of rotatable bonds is 4. The Morgan fingerprint density at radius 1 is 1.04 bits per heavy atom. The summed E-state index contributed by atoms with van der Waals surface area (Å²) in [7, 11) is 0. The third-order valence-electron chi connectivity index (χ3n) is 4.65. The summed E-state index contributed by atoms with van der Waals surface area (Å²) in [5, 5.41) is 11.1. The number of alkyl halides is 3. The fourth-order valence-electron chi connectivity index (χ4n) is 3.20. The van der Waals surface area contributed by atoms with Crippen LogP contribution in [-0.2, 0) is 12.7 Å². The van der Waals surface area contributed by atoms with E-state index in [2.05, 4.69) is 0 Å². The lowest BCUT2D eigenvalue weighted by Gasteiger charge is -2.34. The highest BCUT2D eigenvalue weighted by Gasteiger charge is 2.31. The first-order valence-corrected chi connectivity index (χ1v) is 8.67. The zero-order chi connectivity index (χ0) is 20.3. The van der Waals surface area contributed by atoms with Crippen molar-refractivity contribution < 1.29 is 22.9 Å². The summed E-state index contributed by atoms with van der Waals surface area (Å²) in [6, 6.07) is 11.0. The first kappa shape index (κ1) is 19.8. The number of carbonyl (C=O) groups is 1. The number of carbonyl (C=O) groups excluding carboxylic acids is 1. The van der Waals surface area contributed by atoms with Gasteiger partial charge in [0, 0.05) is 38.8 Å². The number of nitrogens with zero attached hydrogens (tertiary/aromatic N) is 3. The molecule has 1 saturated heterocycles. The van der Waals surface area contributed by atoms with Gasteiger partial charge in [0.15, 0.2) is 0 Å². The summed E-state index contributed by atoms with van der Waals surface area (Å²) in [5.41, 5.74) is -0.332. The smallest absolute Gasteiger partial charge is 0.336 e. The Morgan fingerprint density at radius 3 is 2.36 bits per heavy atom. The molecule has 0 radical (unpaired) electrons. The largest absolute Gasteiger partial charge is 0.416 e. The normalized spacial score (nSPS) is 15.5. The second-order valence-corrected chi connectivity index (χ2v) is 6.54. The van der Waals surface area contributed by atoms with E-state index in [4.69, 9.17) is 0 Å². The SMILES string of the molecule is O=C(c1ccccc1[N+](=O)[O-])N1CCN(Cc2cccc(C(F)(F)F)c2)CC1. The van der Waals surface area contributed by atoms with Crippen LogP contribution in [0.15, 0.2) is 48.5 Å². The zero-order valence-corrected chi connectivity index (χ0v) is 14.9. The van der Waals surface area contributed by atoms with Crippen molar-refractivity contribution in [2.75, 3.05) is 26.2 Å². The molecular weight excluding hydrogens is 375 g/mol. The van der Waals surface area contributed by atoms with Crippen molar-refractivity contribution in [3.8, 4) is 0 Å². The second-order valence-electron chi connectivity index (χ2n) is 6.54. The standard InChI is InChI=1S/C19H18F3N3O3/c20-19(21,22)15-5-3-4-14(12-15)13-23-8-10-24(11-9-23)18(26)16-6-1-2-7-17(16)25(27)28/h1-7,12H,8-11,13H2. The van der Waals surface area contributed by atoms with E-state index in [-0.39, 0.29) is 11.3 Å². The van der Waals surface area contributed by atoms with Crippen LogP contribution < -0.4 is 0 Å². The van der Waals surface area contributed by atoms with Crippen LogP contribution in [0, 0.1) is 10.1 Å². The molecule has 2 aromatic rings. The molecule has 0 spiro atoms. The van der Waals surface area contributed by atoms with Crippen LogP contribution in [0.25, 0.3) is 0 Å². The van der Waals surface area contributed by atoms with Gasteiger partial charge in [-0.2, -0.15) is 13.2 Å². The number of amides is 1. The van der Waals surface area contributed by atoms with Gasteiger partial charge in [0.25, 0.3) is 11.6 Å². The van der Waals surface area contributed by atoms with Gasteiger partial charge in [0.1, 0.15) is 5.56 Å². The van der Waals surface area contributed by atoms with Gasteiger partial charge in [-0.25, -0.2) is 0 Å². The second kappa shape index (κ2) is 7.97. The van der Waals surface area contributed by atoms with E-state index in [1.165, 1.54) is 29.2 Å². The van der Waals surface area contributed by atoms with Gasteiger partial charge in [-0.3, -0.25) is 19.8 Å². The number of hydrogen-bond donors (Lipinski definition) is 0. The van der Waals surface area contributed by atoms with Crippen molar-refractivity contribution in [3.63, 3.8) is 0 Å². The molecular formula is C19H18F3N3O3. The van der Waals surface area contributed by atoms with Gasteiger partial charge < -0.3 is 4.90 Å². The maximum absolute atomic E-state index is 12.8. The van der Waals surface area contributed by atoms with Crippen molar-refractivity contribution >= 4 is 11.6 Å². The Balaban J connectivity index is 1.62. The molecule has 0 saturated carbocycles. The molecule has 1 amide bonds. The fraction of sp³-hybridized carbons (Fsp3) is 0.316. The molecule has 1 aliphatic heterocycles. The molecule has 0 atom stereocenters. The Labute approximate surface area is 159 Å². The zero-order valence-electron chi connectivity index (χ0n) is 14.9. The summed E-state index contributed by atoms with van der Waals surface area (Å²) < 4.78 is 38.5. The molecule has 1 aliphatic rings. The van der Waals surface area contributed by atoms with E-state index in [1.807, 2.05) is 4.90 Å². The van der Waals surface area contributed by atoms with Crippen LogP contribution in [0.5, 0.6) is 0 Å². The van der Waals surface area contributed by atoms with E-state index >= 15 is 0 Å². The highest BCUT2D eigenvalue weighted by molar-refractivity contribution is 5.98. The third kappa shape index (κ3) is 4.48. The van der Waals surface area contributed by atoms with Crippen LogP contribution in [0.1, 0.15) is 21.5 Å². The molecule has 9 heteroatoms. The number of para-hydroxylation sites is 1. The van der Waals surface area contributed by atoms with E-state index in [0.29, 0.717) is 38.3 Å². The average Bonchev–Trinajstić information content (AvgIpc) is 2.67. The minimum atomic E-state index is -4.38. The van der Waals surface area contributed by atoms with Crippen LogP contribution in [0.4, 0.5) is 18.9 Å². The van der Waals surface area contributed by atoms with E-state index in [0.717, 1.165) is 12.1 Å². The van der Waals surface area contributed by atoms with E-state index < -0.39 is 22.6 Å². The number of piperazine rings is 1. The number of benzene rings is 2. The van der Waals surface area contributed by atoms with Crippen LogP contribution in [0.3, 0.4) is 0 Å². The summed E-state index contributed by atoms with van der Waals surface area (Å²) in [6.45, 7) is 2.00. The molecule has 1 fully saturated rings. The lowest BCUT2D eigenvalue weighted by Crippen LogP contribution is -2.48. The van der Waals surface area contributed by atoms with Crippen molar-refractivity contribution in [2.45, 2.75) is 12.7 Å². The molecule has 6 nitrogen and oxygen atoms in total. The Kier molecular flexibility index (Phi) is 5.64. The molecule has 3 rings (SSSR count). The molecule has 0 unspecified atom stereocenters. The number of halogens is 3. The first-order chi connectivity index (χ1) is 13.3. The van der Waals surface area contributed by atoms with Crippen molar-refractivity contribution in [2.24, 2.45) is 0 Å². The maximum Gasteiger partial charge on any atom is 0.416 e. The summed E-state index contributed by atoms with van der Waals surface area (Å²) in [6.07, 6.45) is -4.38. The quantitative estimate of drug-likeness (QED) is 0.588. The minimum absolute atomic E-state index is 0.0406. The van der Waals surface area contributed by atoms with Gasteiger partial charge in [-0.05, 0) is 17.7 Å². The lowest BCUT2D eigenvalue weighted by molar-refractivity contribution is -0.385. The molecule has 1 heterocycles. The van der Waals surface area contributed by atoms with Gasteiger partial charge in [0.2, 0.25) is 0 Å². The van der Waals surface area contributed by atoms with Crippen LogP contribution in [0.2, 0.25) is 0 Å². The number of nitro groups is 1. The highest BCUT2D eigenvalue weighted by atomic mass is 19.4. The summed E-state index contributed by atoms with van der Waals surface area (Å²) in [5.74, 6) is -0.411. The van der Waals surface area contributed by atoms with Gasteiger partial charge in [0.05, 0.1) is 10.5 Å². The maximum atomic E-state index is 12.8.